The van der Waals surface area contributed by atoms with Crippen molar-refractivity contribution in [3.63, 3.8) is 0 Å². The molecule has 134 valence electrons. The molecular formula is C15H15Cl2N3O4S. The molecule has 1 unspecified atom stereocenters. The largest absolute Gasteiger partial charge is 0.321 e. The third-order valence-electron chi connectivity index (χ3n) is 4.00. The Bertz CT molecular complexity index is 849. The highest BCUT2D eigenvalue weighted by molar-refractivity contribution is 7.91. The molecule has 0 spiro atoms. The summed E-state index contributed by atoms with van der Waals surface area (Å²) >= 11 is 11.8. The number of halogens is 2. The molecule has 0 radical (unpaired) electrons. The second kappa shape index (κ2) is 6.93. The fourth-order valence-electron chi connectivity index (χ4n) is 2.82. The standard InChI is InChI=1S/C15H15Cl2N3O4S/c16-9-5-10(17)7-11(6-9)18-15(22)13-1-2-14(21)20(19-13)12-3-4-25(23,24)8-12/h5-7,12H,1-4,8H2,(H,18,22). The molecule has 2 aliphatic rings. The Morgan fingerprint density at radius 1 is 1.20 bits per heavy atom. The topological polar surface area (TPSA) is 95.9 Å². The zero-order chi connectivity index (χ0) is 18.2. The van der Waals surface area contributed by atoms with E-state index in [4.69, 9.17) is 23.2 Å². The normalized spacial score (nSPS) is 22.6. The molecule has 0 aliphatic carbocycles. The maximum atomic E-state index is 12.4. The van der Waals surface area contributed by atoms with Gasteiger partial charge in [-0.3, -0.25) is 9.59 Å². The summed E-state index contributed by atoms with van der Waals surface area (Å²) < 4.78 is 23.2. The minimum absolute atomic E-state index is 0.0273. The molecule has 1 aromatic rings. The molecule has 2 aliphatic heterocycles. The monoisotopic (exact) mass is 403 g/mol. The van der Waals surface area contributed by atoms with Crippen molar-refractivity contribution in [3.05, 3.63) is 28.2 Å². The number of sulfone groups is 1. The predicted molar refractivity (Wildman–Crippen MR) is 95.7 cm³/mol. The van der Waals surface area contributed by atoms with Gasteiger partial charge >= 0.3 is 0 Å². The summed E-state index contributed by atoms with van der Waals surface area (Å²) in [5.41, 5.74) is 0.581. The molecule has 7 nitrogen and oxygen atoms in total. The van der Waals surface area contributed by atoms with Gasteiger partial charge in [-0.15, -0.1) is 0 Å². The summed E-state index contributed by atoms with van der Waals surface area (Å²) in [5.74, 6) is -0.846. The van der Waals surface area contributed by atoms with Crippen LogP contribution in [0.25, 0.3) is 0 Å². The molecule has 2 heterocycles. The summed E-state index contributed by atoms with van der Waals surface area (Å²) in [6.07, 6.45) is 0.629. The van der Waals surface area contributed by atoms with Crippen molar-refractivity contribution in [3.8, 4) is 0 Å². The minimum Gasteiger partial charge on any atom is -0.321 e. The van der Waals surface area contributed by atoms with E-state index in [0.29, 0.717) is 22.2 Å². The highest BCUT2D eigenvalue weighted by Gasteiger charge is 2.37. The van der Waals surface area contributed by atoms with Crippen LogP contribution in [0, 0.1) is 0 Å². The molecular weight excluding hydrogens is 389 g/mol. The maximum Gasteiger partial charge on any atom is 0.271 e. The molecule has 0 bridgehead atoms. The van der Waals surface area contributed by atoms with E-state index in [1.807, 2.05) is 0 Å². The smallest absolute Gasteiger partial charge is 0.271 e. The first-order chi connectivity index (χ1) is 11.7. The van der Waals surface area contributed by atoms with Crippen molar-refractivity contribution in [2.75, 3.05) is 16.8 Å². The third-order valence-corrected chi connectivity index (χ3v) is 6.18. The Morgan fingerprint density at radius 3 is 2.48 bits per heavy atom. The van der Waals surface area contributed by atoms with E-state index in [1.54, 1.807) is 12.1 Å². The van der Waals surface area contributed by atoms with Crippen LogP contribution in [0.5, 0.6) is 0 Å². The molecule has 1 N–H and O–H groups in total. The van der Waals surface area contributed by atoms with Crippen molar-refractivity contribution in [2.45, 2.75) is 25.3 Å². The van der Waals surface area contributed by atoms with E-state index in [1.165, 1.54) is 6.07 Å². The highest BCUT2D eigenvalue weighted by Crippen LogP contribution is 2.24. The van der Waals surface area contributed by atoms with Gasteiger partial charge in [-0.25, -0.2) is 13.4 Å². The van der Waals surface area contributed by atoms with E-state index < -0.39 is 21.8 Å². The molecule has 1 aromatic carbocycles. The molecule has 25 heavy (non-hydrogen) atoms. The van der Waals surface area contributed by atoms with Crippen LogP contribution >= 0.6 is 23.2 Å². The molecule has 1 fully saturated rings. The van der Waals surface area contributed by atoms with Crippen LogP contribution < -0.4 is 5.32 Å². The summed E-state index contributed by atoms with van der Waals surface area (Å²) in [6, 6.07) is 4.11. The number of nitrogens with one attached hydrogen (secondary N) is 1. The van der Waals surface area contributed by atoms with Crippen LogP contribution in [0.3, 0.4) is 0 Å². The van der Waals surface area contributed by atoms with Crippen LogP contribution in [0.15, 0.2) is 23.3 Å². The number of hydrazone groups is 1. The fraction of sp³-hybridized carbons (Fsp3) is 0.400. The number of anilines is 1. The van der Waals surface area contributed by atoms with Crippen molar-refractivity contribution in [1.29, 1.82) is 0 Å². The first-order valence-corrected chi connectivity index (χ1v) is 10.2. The van der Waals surface area contributed by atoms with Gasteiger partial charge in [0.25, 0.3) is 5.91 Å². The van der Waals surface area contributed by atoms with Gasteiger partial charge in [0.2, 0.25) is 5.91 Å². The van der Waals surface area contributed by atoms with Crippen LogP contribution in [0.2, 0.25) is 10.0 Å². The zero-order valence-corrected chi connectivity index (χ0v) is 15.4. The van der Waals surface area contributed by atoms with Gasteiger partial charge in [0.15, 0.2) is 9.84 Å². The van der Waals surface area contributed by atoms with Crippen LogP contribution in [0.1, 0.15) is 19.3 Å². The predicted octanol–water partition coefficient (Wildman–Crippen LogP) is 2.10. The van der Waals surface area contributed by atoms with E-state index >= 15 is 0 Å². The van der Waals surface area contributed by atoms with Crippen LogP contribution in [0.4, 0.5) is 5.69 Å². The third kappa shape index (κ3) is 4.31. The average Bonchev–Trinajstić information content (AvgIpc) is 2.86. The lowest BCUT2D eigenvalue weighted by molar-refractivity contribution is -0.133. The second-order valence-electron chi connectivity index (χ2n) is 5.95. The average molecular weight is 404 g/mol. The van der Waals surface area contributed by atoms with Gasteiger partial charge in [-0.05, 0) is 24.6 Å². The molecule has 2 amide bonds. The fourth-order valence-corrected chi connectivity index (χ4v) is 5.04. The van der Waals surface area contributed by atoms with E-state index in [-0.39, 0.29) is 36.0 Å². The lowest BCUT2D eigenvalue weighted by Crippen LogP contribution is -2.42. The molecule has 10 heteroatoms. The number of hydrogen-bond donors (Lipinski definition) is 1. The molecule has 3 rings (SSSR count). The van der Waals surface area contributed by atoms with E-state index in [2.05, 4.69) is 10.4 Å². The summed E-state index contributed by atoms with van der Waals surface area (Å²) in [5, 5.41) is 8.65. The second-order valence-corrected chi connectivity index (χ2v) is 9.06. The summed E-state index contributed by atoms with van der Waals surface area (Å²) in [6.45, 7) is 0. The molecule has 1 saturated heterocycles. The Labute approximate surface area is 154 Å². The summed E-state index contributed by atoms with van der Waals surface area (Å²) in [7, 11) is -3.16. The Kier molecular flexibility index (Phi) is 5.04. The van der Waals surface area contributed by atoms with Crippen LogP contribution in [-0.2, 0) is 19.4 Å². The Hall–Kier alpha value is -1.64. The number of carbonyl (C=O) groups is 2. The lowest BCUT2D eigenvalue weighted by atomic mass is 10.1. The number of carbonyl (C=O) groups excluding carboxylic acids is 2. The maximum absolute atomic E-state index is 12.4. The molecule has 0 saturated carbocycles. The van der Waals surface area contributed by atoms with Crippen molar-refractivity contribution >= 4 is 56.3 Å². The van der Waals surface area contributed by atoms with Gasteiger partial charge < -0.3 is 5.32 Å². The SMILES string of the molecule is O=C(Nc1cc(Cl)cc(Cl)c1)C1=NN(C2CCS(=O)(=O)C2)C(=O)CC1. The van der Waals surface area contributed by atoms with Crippen molar-refractivity contribution in [1.82, 2.24) is 5.01 Å². The molecule has 0 aromatic heterocycles. The lowest BCUT2D eigenvalue weighted by Gasteiger charge is -2.27. The zero-order valence-electron chi connectivity index (χ0n) is 13.0. The Balaban J connectivity index is 1.77. The van der Waals surface area contributed by atoms with Gasteiger partial charge in [-0.1, -0.05) is 23.2 Å². The summed E-state index contributed by atoms with van der Waals surface area (Å²) in [4.78, 5) is 24.5. The quantitative estimate of drug-likeness (QED) is 0.835. The van der Waals surface area contributed by atoms with Crippen molar-refractivity contribution in [2.24, 2.45) is 5.10 Å². The van der Waals surface area contributed by atoms with Crippen LogP contribution in [-0.4, -0.2) is 48.5 Å². The number of rotatable bonds is 3. The van der Waals surface area contributed by atoms with Gasteiger partial charge in [-0.2, -0.15) is 5.10 Å². The van der Waals surface area contributed by atoms with Gasteiger partial charge in [0.1, 0.15) is 5.71 Å². The number of amides is 2. The minimum atomic E-state index is -3.16. The van der Waals surface area contributed by atoms with Gasteiger partial charge in [0.05, 0.1) is 17.5 Å². The first-order valence-electron chi connectivity index (χ1n) is 7.61. The first kappa shape index (κ1) is 18.2. The van der Waals surface area contributed by atoms with E-state index in [9.17, 15) is 18.0 Å². The Morgan fingerprint density at radius 2 is 1.88 bits per heavy atom. The van der Waals surface area contributed by atoms with Crippen molar-refractivity contribution < 1.29 is 18.0 Å². The number of benzene rings is 1. The van der Waals surface area contributed by atoms with Gasteiger partial charge in [0, 0.05) is 28.6 Å². The molecule has 1 atom stereocenters. The van der Waals surface area contributed by atoms with E-state index in [0.717, 1.165) is 5.01 Å². The number of nitrogens with zero attached hydrogens (tertiary/aromatic N) is 2. The highest BCUT2D eigenvalue weighted by atomic mass is 35.5. The number of hydrogen-bond acceptors (Lipinski definition) is 5.